The second-order valence-corrected chi connectivity index (χ2v) is 7.02. The standard InChI is InChI=1S/C18H16ClN5OS/c1-24(13-5-2-11(19)3-6-13)18(25)21-12-4-7-14-15(8-12)23-17(22-14)16-9-26-10-20-16/h2-10,17,22-23H,1H3,(H,21,25). The normalized spacial score (nSPS) is 14.9. The zero-order valence-corrected chi connectivity index (χ0v) is 15.4. The van der Waals surface area contributed by atoms with Gasteiger partial charge in [-0.15, -0.1) is 11.3 Å². The summed E-state index contributed by atoms with van der Waals surface area (Å²) >= 11 is 7.45. The number of carbonyl (C=O) groups is 1. The number of nitrogens with one attached hydrogen (secondary N) is 3. The number of benzene rings is 2. The van der Waals surface area contributed by atoms with Gasteiger partial charge in [-0.3, -0.25) is 4.90 Å². The maximum Gasteiger partial charge on any atom is 0.326 e. The van der Waals surface area contributed by atoms with E-state index in [4.69, 9.17) is 11.6 Å². The lowest BCUT2D eigenvalue weighted by molar-refractivity contribution is 0.258. The smallest absolute Gasteiger partial charge is 0.326 e. The highest BCUT2D eigenvalue weighted by atomic mass is 35.5. The van der Waals surface area contributed by atoms with Crippen molar-refractivity contribution in [2.24, 2.45) is 0 Å². The molecule has 1 aliphatic rings. The molecule has 1 aromatic heterocycles. The third kappa shape index (κ3) is 3.31. The number of amides is 2. The molecule has 2 aromatic carbocycles. The Morgan fingerprint density at radius 3 is 2.69 bits per heavy atom. The van der Waals surface area contributed by atoms with Gasteiger partial charge in [0.2, 0.25) is 0 Å². The molecule has 0 saturated heterocycles. The van der Waals surface area contributed by atoms with E-state index in [1.807, 2.05) is 23.6 Å². The number of rotatable bonds is 3. The van der Waals surface area contributed by atoms with E-state index in [0.717, 1.165) is 22.8 Å². The summed E-state index contributed by atoms with van der Waals surface area (Å²) in [5, 5.41) is 12.3. The first-order valence-electron chi connectivity index (χ1n) is 7.95. The quantitative estimate of drug-likeness (QED) is 0.593. The van der Waals surface area contributed by atoms with Gasteiger partial charge in [0.05, 0.1) is 22.6 Å². The van der Waals surface area contributed by atoms with Gasteiger partial charge >= 0.3 is 6.03 Å². The van der Waals surface area contributed by atoms with Crippen LogP contribution < -0.4 is 20.9 Å². The lowest BCUT2D eigenvalue weighted by Gasteiger charge is -2.18. The molecule has 0 radical (unpaired) electrons. The van der Waals surface area contributed by atoms with Gasteiger partial charge in [-0.2, -0.15) is 0 Å². The molecule has 4 rings (SSSR count). The van der Waals surface area contributed by atoms with Crippen molar-refractivity contribution in [3.63, 3.8) is 0 Å². The van der Waals surface area contributed by atoms with E-state index in [2.05, 4.69) is 20.9 Å². The number of thiazole rings is 1. The van der Waals surface area contributed by atoms with Crippen molar-refractivity contribution in [1.82, 2.24) is 4.98 Å². The minimum absolute atomic E-state index is 0.0565. The van der Waals surface area contributed by atoms with Crippen LogP contribution in [-0.4, -0.2) is 18.1 Å². The Hall–Kier alpha value is -2.77. The van der Waals surface area contributed by atoms with Gasteiger partial charge < -0.3 is 16.0 Å². The molecule has 3 aromatic rings. The average Bonchev–Trinajstić information content (AvgIpc) is 3.30. The van der Waals surface area contributed by atoms with E-state index in [0.29, 0.717) is 10.7 Å². The minimum Gasteiger partial charge on any atom is -0.359 e. The van der Waals surface area contributed by atoms with Gasteiger partial charge in [0.15, 0.2) is 0 Å². The fourth-order valence-corrected chi connectivity index (χ4v) is 3.42. The SMILES string of the molecule is CN(C(=O)Nc1ccc2c(c1)NC(c1cscn1)N2)c1ccc(Cl)cc1. The number of anilines is 4. The van der Waals surface area contributed by atoms with Crippen LogP contribution >= 0.6 is 22.9 Å². The molecule has 2 heterocycles. The van der Waals surface area contributed by atoms with Crippen LogP contribution in [0.3, 0.4) is 0 Å². The fraction of sp³-hybridized carbons (Fsp3) is 0.111. The van der Waals surface area contributed by atoms with Crippen LogP contribution in [0.15, 0.2) is 53.4 Å². The second kappa shape index (κ2) is 6.86. The topological polar surface area (TPSA) is 69.3 Å². The number of urea groups is 1. The molecular weight excluding hydrogens is 370 g/mol. The number of aromatic nitrogens is 1. The van der Waals surface area contributed by atoms with E-state index in [1.165, 1.54) is 4.90 Å². The molecule has 1 unspecified atom stereocenters. The number of nitrogens with zero attached hydrogens (tertiary/aromatic N) is 2. The van der Waals surface area contributed by atoms with Gasteiger partial charge in [-0.25, -0.2) is 9.78 Å². The fourth-order valence-electron chi connectivity index (χ4n) is 2.72. The van der Waals surface area contributed by atoms with E-state index in [-0.39, 0.29) is 12.2 Å². The van der Waals surface area contributed by atoms with Crippen LogP contribution in [0, 0.1) is 0 Å². The lowest BCUT2D eigenvalue weighted by Crippen LogP contribution is -2.31. The summed E-state index contributed by atoms with van der Waals surface area (Å²) in [6.07, 6.45) is -0.0565. The maximum atomic E-state index is 12.5. The molecule has 132 valence electrons. The Labute approximate surface area is 159 Å². The van der Waals surface area contributed by atoms with E-state index in [9.17, 15) is 4.79 Å². The molecule has 1 aliphatic heterocycles. The van der Waals surface area contributed by atoms with Crippen molar-refractivity contribution in [2.75, 3.05) is 27.9 Å². The van der Waals surface area contributed by atoms with Crippen molar-refractivity contribution in [2.45, 2.75) is 6.17 Å². The van der Waals surface area contributed by atoms with Crippen molar-refractivity contribution >= 4 is 51.7 Å². The van der Waals surface area contributed by atoms with Crippen LogP contribution in [0.25, 0.3) is 0 Å². The summed E-state index contributed by atoms with van der Waals surface area (Å²) in [6.45, 7) is 0. The Kier molecular flexibility index (Phi) is 4.40. The minimum atomic E-state index is -0.228. The van der Waals surface area contributed by atoms with Gasteiger partial charge in [-0.1, -0.05) is 11.6 Å². The summed E-state index contributed by atoms with van der Waals surface area (Å²) in [4.78, 5) is 18.3. The molecule has 0 spiro atoms. The van der Waals surface area contributed by atoms with E-state index >= 15 is 0 Å². The van der Waals surface area contributed by atoms with Gasteiger partial charge in [0, 0.05) is 28.8 Å². The molecule has 2 amide bonds. The molecule has 6 nitrogen and oxygen atoms in total. The Bertz CT molecular complexity index is 929. The molecule has 1 atom stereocenters. The molecule has 0 fully saturated rings. The van der Waals surface area contributed by atoms with Crippen LogP contribution in [0.1, 0.15) is 11.9 Å². The summed E-state index contributed by atoms with van der Waals surface area (Å²) in [5.41, 5.74) is 6.13. The first-order valence-corrected chi connectivity index (χ1v) is 9.28. The summed E-state index contributed by atoms with van der Waals surface area (Å²) in [6, 6.07) is 12.6. The van der Waals surface area contributed by atoms with E-state index in [1.54, 1.807) is 48.2 Å². The lowest BCUT2D eigenvalue weighted by atomic mass is 10.2. The van der Waals surface area contributed by atoms with Crippen molar-refractivity contribution in [3.05, 3.63) is 64.1 Å². The third-order valence-corrected chi connectivity index (χ3v) is 4.99. The molecule has 3 N–H and O–H groups in total. The number of hydrogen-bond donors (Lipinski definition) is 3. The predicted octanol–water partition coefficient (Wildman–Crippen LogP) is 5.00. The first-order chi connectivity index (χ1) is 12.6. The molecule has 26 heavy (non-hydrogen) atoms. The van der Waals surface area contributed by atoms with Gasteiger partial charge in [0.25, 0.3) is 0 Å². The molecule has 0 bridgehead atoms. The zero-order valence-electron chi connectivity index (χ0n) is 13.9. The highest BCUT2D eigenvalue weighted by Crippen LogP contribution is 2.36. The molecule has 0 aliphatic carbocycles. The van der Waals surface area contributed by atoms with Crippen molar-refractivity contribution in [1.29, 1.82) is 0 Å². The monoisotopic (exact) mass is 385 g/mol. The van der Waals surface area contributed by atoms with Crippen LogP contribution in [-0.2, 0) is 0 Å². The van der Waals surface area contributed by atoms with Crippen LogP contribution in [0.2, 0.25) is 5.02 Å². The Morgan fingerprint density at radius 2 is 1.96 bits per heavy atom. The van der Waals surface area contributed by atoms with Gasteiger partial charge in [0.1, 0.15) is 6.17 Å². The molecule has 8 heteroatoms. The van der Waals surface area contributed by atoms with Gasteiger partial charge in [-0.05, 0) is 42.5 Å². The van der Waals surface area contributed by atoms with Crippen molar-refractivity contribution in [3.8, 4) is 0 Å². The van der Waals surface area contributed by atoms with Crippen molar-refractivity contribution < 1.29 is 4.79 Å². The van der Waals surface area contributed by atoms with Crippen LogP contribution in [0.5, 0.6) is 0 Å². The summed E-state index contributed by atoms with van der Waals surface area (Å²) < 4.78 is 0. The number of fused-ring (bicyclic) bond motifs is 1. The summed E-state index contributed by atoms with van der Waals surface area (Å²) in [5.74, 6) is 0. The Balaban J connectivity index is 1.46. The molecular formula is C18H16ClN5OS. The highest BCUT2D eigenvalue weighted by Gasteiger charge is 2.23. The first kappa shape index (κ1) is 16.7. The second-order valence-electron chi connectivity index (χ2n) is 5.86. The Morgan fingerprint density at radius 1 is 1.19 bits per heavy atom. The number of halogens is 1. The largest absolute Gasteiger partial charge is 0.359 e. The third-order valence-electron chi connectivity index (χ3n) is 4.14. The maximum absolute atomic E-state index is 12.5. The average molecular weight is 386 g/mol. The van der Waals surface area contributed by atoms with Crippen LogP contribution in [0.4, 0.5) is 27.5 Å². The highest BCUT2D eigenvalue weighted by molar-refractivity contribution is 7.07. The zero-order chi connectivity index (χ0) is 18.1. The predicted molar refractivity (Wildman–Crippen MR) is 107 cm³/mol. The number of hydrogen-bond acceptors (Lipinski definition) is 5. The molecule has 0 saturated carbocycles. The number of carbonyl (C=O) groups excluding carboxylic acids is 1. The van der Waals surface area contributed by atoms with E-state index < -0.39 is 0 Å². The summed E-state index contributed by atoms with van der Waals surface area (Å²) in [7, 11) is 1.71.